The summed E-state index contributed by atoms with van der Waals surface area (Å²) in [6, 6.07) is -0.0769. The smallest absolute Gasteiger partial charge is 0.222 e. The minimum atomic E-state index is -0.390. The van der Waals surface area contributed by atoms with Crippen LogP contribution in [0.3, 0.4) is 0 Å². The fourth-order valence-electron chi connectivity index (χ4n) is 2.12. The molecule has 0 spiro atoms. The van der Waals surface area contributed by atoms with Crippen molar-refractivity contribution in [2.75, 3.05) is 0 Å². The van der Waals surface area contributed by atoms with Crippen molar-refractivity contribution in [3.8, 4) is 0 Å². The monoisotopic (exact) mass is 238 g/mol. The molecule has 0 saturated heterocycles. The van der Waals surface area contributed by atoms with Crippen LogP contribution >= 0.6 is 0 Å². The molecule has 0 aliphatic heterocycles. The molecule has 1 saturated carbocycles. The minimum absolute atomic E-state index is 0.0357. The Bertz CT molecular complexity index is 352. The van der Waals surface area contributed by atoms with Crippen molar-refractivity contribution in [1.82, 2.24) is 20.1 Å². The van der Waals surface area contributed by atoms with Gasteiger partial charge in [-0.15, -0.1) is 0 Å². The van der Waals surface area contributed by atoms with Gasteiger partial charge in [0.25, 0.3) is 0 Å². The van der Waals surface area contributed by atoms with Gasteiger partial charge in [0.15, 0.2) is 0 Å². The van der Waals surface area contributed by atoms with Crippen LogP contribution in [0, 0.1) is 0 Å². The number of hydrogen-bond acceptors (Lipinski definition) is 4. The van der Waals surface area contributed by atoms with Gasteiger partial charge in [0.2, 0.25) is 5.91 Å². The first-order chi connectivity index (χ1) is 8.25. The summed E-state index contributed by atoms with van der Waals surface area (Å²) in [7, 11) is 0. The Balaban J connectivity index is 1.73. The molecular formula is C11H18N4O2. The van der Waals surface area contributed by atoms with Gasteiger partial charge >= 0.3 is 0 Å². The summed E-state index contributed by atoms with van der Waals surface area (Å²) < 4.78 is 1.62. The van der Waals surface area contributed by atoms with Gasteiger partial charge in [0.05, 0.1) is 18.7 Å². The third-order valence-electron chi connectivity index (χ3n) is 3.11. The maximum Gasteiger partial charge on any atom is 0.222 e. The second-order valence-corrected chi connectivity index (χ2v) is 4.43. The summed E-state index contributed by atoms with van der Waals surface area (Å²) in [5.41, 5.74) is 0. The van der Waals surface area contributed by atoms with Crippen molar-refractivity contribution in [2.45, 2.75) is 50.8 Å². The first-order valence-electron chi connectivity index (χ1n) is 6.05. The molecule has 2 rings (SSSR count). The highest BCUT2D eigenvalue weighted by atomic mass is 16.3. The lowest BCUT2D eigenvalue weighted by Crippen LogP contribution is -2.45. The SMILES string of the molecule is O=C(CCn1cncn1)NC1CCCCC1O. The quantitative estimate of drug-likeness (QED) is 0.779. The van der Waals surface area contributed by atoms with Crippen molar-refractivity contribution < 1.29 is 9.90 Å². The van der Waals surface area contributed by atoms with Crippen LogP contribution < -0.4 is 5.32 Å². The minimum Gasteiger partial charge on any atom is -0.391 e. The van der Waals surface area contributed by atoms with E-state index in [9.17, 15) is 9.90 Å². The molecule has 2 unspecified atom stereocenters. The van der Waals surface area contributed by atoms with Crippen LogP contribution in [0.2, 0.25) is 0 Å². The molecule has 0 radical (unpaired) electrons. The van der Waals surface area contributed by atoms with Gasteiger partial charge in [-0.3, -0.25) is 9.48 Å². The number of aryl methyl sites for hydroxylation is 1. The Labute approximate surface area is 100 Å². The second-order valence-electron chi connectivity index (χ2n) is 4.43. The van der Waals surface area contributed by atoms with Crippen LogP contribution in [0.5, 0.6) is 0 Å². The van der Waals surface area contributed by atoms with Crippen molar-refractivity contribution in [3.05, 3.63) is 12.7 Å². The zero-order valence-electron chi connectivity index (χ0n) is 9.75. The number of carbonyl (C=O) groups is 1. The standard InChI is InChI=1S/C11H18N4O2/c16-10-4-2-1-3-9(10)14-11(17)5-6-15-8-12-7-13-15/h7-10,16H,1-6H2,(H,14,17). The van der Waals surface area contributed by atoms with E-state index in [1.807, 2.05) is 0 Å². The molecule has 1 amide bonds. The van der Waals surface area contributed by atoms with Crippen LogP contribution in [0.15, 0.2) is 12.7 Å². The van der Waals surface area contributed by atoms with E-state index < -0.39 is 0 Å². The van der Waals surface area contributed by atoms with Gasteiger partial charge < -0.3 is 10.4 Å². The highest BCUT2D eigenvalue weighted by Crippen LogP contribution is 2.18. The third-order valence-corrected chi connectivity index (χ3v) is 3.11. The zero-order chi connectivity index (χ0) is 12.1. The summed E-state index contributed by atoms with van der Waals surface area (Å²) in [5.74, 6) is -0.0357. The fraction of sp³-hybridized carbons (Fsp3) is 0.727. The van der Waals surface area contributed by atoms with E-state index in [0.29, 0.717) is 13.0 Å². The predicted octanol–water partition coefficient (Wildman–Crippen LogP) is 0.0879. The van der Waals surface area contributed by atoms with Gasteiger partial charge in [0.1, 0.15) is 12.7 Å². The Morgan fingerprint density at radius 2 is 2.29 bits per heavy atom. The Morgan fingerprint density at radius 3 is 3.00 bits per heavy atom. The molecule has 2 atom stereocenters. The van der Waals surface area contributed by atoms with E-state index in [1.165, 1.54) is 6.33 Å². The number of aromatic nitrogens is 3. The molecule has 1 heterocycles. The summed E-state index contributed by atoms with van der Waals surface area (Å²) in [4.78, 5) is 15.5. The molecule has 1 fully saturated rings. The van der Waals surface area contributed by atoms with Gasteiger partial charge in [-0.2, -0.15) is 5.10 Å². The number of rotatable bonds is 4. The van der Waals surface area contributed by atoms with Crippen molar-refractivity contribution in [1.29, 1.82) is 0 Å². The molecule has 1 aromatic heterocycles. The molecule has 1 aliphatic rings. The molecule has 0 aromatic carbocycles. The topological polar surface area (TPSA) is 80.0 Å². The van der Waals surface area contributed by atoms with Crippen LogP contribution in [0.1, 0.15) is 32.1 Å². The van der Waals surface area contributed by atoms with Crippen molar-refractivity contribution >= 4 is 5.91 Å². The van der Waals surface area contributed by atoms with Gasteiger partial charge in [0, 0.05) is 6.42 Å². The molecular weight excluding hydrogens is 220 g/mol. The van der Waals surface area contributed by atoms with Crippen LogP contribution in [0.4, 0.5) is 0 Å². The Hall–Kier alpha value is -1.43. The Morgan fingerprint density at radius 1 is 1.47 bits per heavy atom. The molecule has 17 heavy (non-hydrogen) atoms. The number of aliphatic hydroxyl groups is 1. The van der Waals surface area contributed by atoms with Crippen molar-refractivity contribution in [2.24, 2.45) is 0 Å². The number of nitrogens with zero attached hydrogens (tertiary/aromatic N) is 3. The fourth-order valence-corrected chi connectivity index (χ4v) is 2.12. The average Bonchev–Trinajstić information content (AvgIpc) is 2.82. The van der Waals surface area contributed by atoms with E-state index in [4.69, 9.17) is 0 Å². The summed E-state index contributed by atoms with van der Waals surface area (Å²) in [5, 5.41) is 16.5. The van der Waals surface area contributed by atoms with E-state index in [0.717, 1.165) is 25.7 Å². The van der Waals surface area contributed by atoms with E-state index >= 15 is 0 Å². The van der Waals surface area contributed by atoms with Gasteiger partial charge in [-0.1, -0.05) is 12.8 Å². The normalized spacial score (nSPS) is 24.5. The lowest BCUT2D eigenvalue weighted by Gasteiger charge is -2.28. The molecule has 6 heteroatoms. The van der Waals surface area contributed by atoms with Gasteiger partial charge in [-0.05, 0) is 12.8 Å². The molecule has 1 aromatic rings. The maximum atomic E-state index is 11.7. The highest BCUT2D eigenvalue weighted by molar-refractivity contribution is 5.76. The number of carbonyl (C=O) groups excluding carboxylic acids is 1. The largest absolute Gasteiger partial charge is 0.391 e. The number of nitrogens with one attached hydrogen (secondary N) is 1. The predicted molar refractivity (Wildman–Crippen MR) is 61.0 cm³/mol. The first-order valence-corrected chi connectivity index (χ1v) is 6.05. The number of aliphatic hydroxyl groups excluding tert-OH is 1. The number of amides is 1. The Kier molecular flexibility index (Phi) is 4.08. The summed E-state index contributed by atoms with van der Waals surface area (Å²) >= 11 is 0. The van der Waals surface area contributed by atoms with Crippen LogP contribution in [-0.4, -0.2) is 37.9 Å². The summed E-state index contributed by atoms with van der Waals surface area (Å²) in [6.07, 6.45) is 6.79. The molecule has 2 N–H and O–H groups in total. The highest BCUT2D eigenvalue weighted by Gasteiger charge is 2.24. The van der Waals surface area contributed by atoms with E-state index in [-0.39, 0.29) is 18.1 Å². The van der Waals surface area contributed by atoms with E-state index in [1.54, 1.807) is 11.0 Å². The number of hydrogen-bond donors (Lipinski definition) is 2. The van der Waals surface area contributed by atoms with E-state index in [2.05, 4.69) is 15.4 Å². The first kappa shape index (κ1) is 12.0. The zero-order valence-corrected chi connectivity index (χ0v) is 9.75. The van der Waals surface area contributed by atoms with Crippen molar-refractivity contribution in [3.63, 3.8) is 0 Å². The molecule has 6 nitrogen and oxygen atoms in total. The average molecular weight is 238 g/mol. The molecule has 94 valence electrons. The lowest BCUT2D eigenvalue weighted by molar-refractivity contribution is -0.123. The molecule has 1 aliphatic carbocycles. The van der Waals surface area contributed by atoms with Crippen LogP contribution in [-0.2, 0) is 11.3 Å². The summed E-state index contributed by atoms with van der Waals surface area (Å²) in [6.45, 7) is 0.522. The molecule has 0 bridgehead atoms. The van der Waals surface area contributed by atoms with Gasteiger partial charge in [-0.25, -0.2) is 4.98 Å². The second kappa shape index (κ2) is 5.77. The third kappa shape index (κ3) is 3.52. The lowest BCUT2D eigenvalue weighted by atomic mass is 9.92. The van der Waals surface area contributed by atoms with Crippen LogP contribution in [0.25, 0.3) is 0 Å². The maximum absolute atomic E-state index is 11.7.